The summed E-state index contributed by atoms with van der Waals surface area (Å²) in [5, 5.41) is 0. The van der Waals surface area contributed by atoms with Crippen molar-refractivity contribution in [2.24, 2.45) is 5.92 Å². The molecule has 23 heavy (non-hydrogen) atoms. The van der Waals surface area contributed by atoms with E-state index in [0.717, 1.165) is 37.8 Å². The number of nitrogens with zero attached hydrogens (tertiary/aromatic N) is 2. The van der Waals surface area contributed by atoms with Gasteiger partial charge in [-0.25, -0.2) is 0 Å². The Morgan fingerprint density at radius 2 is 1.96 bits per heavy atom. The van der Waals surface area contributed by atoms with Gasteiger partial charge in [-0.15, -0.1) is 0 Å². The lowest BCUT2D eigenvalue weighted by Gasteiger charge is -2.45. The van der Waals surface area contributed by atoms with Crippen molar-refractivity contribution in [1.29, 1.82) is 0 Å². The average Bonchev–Trinajstić information content (AvgIpc) is 2.49. The highest BCUT2D eigenvalue weighted by Crippen LogP contribution is 2.39. The standard InChI is InChI=1S/C19H26N2O2/c22-19(14-5-1-6-14)21-12-4-10-17(23-16-8-2-9-16)18(21)15-7-3-11-20-13-15/h3,7,11,13-14,16-18H,1-2,4-6,8-10,12H2/t17-,18-/m1/s1. The second-order valence-electron chi connectivity index (χ2n) is 7.26. The Labute approximate surface area is 138 Å². The highest BCUT2D eigenvalue weighted by Gasteiger charge is 2.41. The predicted molar refractivity (Wildman–Crippen MR) is 87.8 cm³/mol. The topological polar surface area (TPSA) is 42.4 Å². The molecule has 1 aromatic heterocycles. The predicted octanol–water partition coefficient (Wildman–Crippen LogP) is 3.48. The van der Waals surface area contributed by atoms with Crippen LogP contribution in [0.25, 0.3) is 0 Å². The lowest BCUT2D eigenvalue weighted by molar-refractivity contribution is -0.154. The van der Waals surface area contributed by atoms with Gasteiger partial charge in [0.1, 0.15) is 0 Å². The van der Waals surface area contributed by atoms with Crippen LogP contribution in [0.3, 0.4) is 0 Å². The molecule has 1 aliphatic heterocycles. The molecule has 2 aliphatic carbocycles. The minimum Gasteiger partial charge on any atom is -0.372 e. The van der Waals surface area contributed by atoms with E-state index in [1.807, 2.05) is 12.3 Å². The molecular weight excluding hydrogens is 288 g/mol. The van der Waals surface area contributed by atoms with Gasteiger partial charge in [-0.05, 0) is 56.6 Å². The number of hydrogen-bond acceptors (Lipinski definition) is 3. The molecule has 2 saturated carbocycles. The minimum atomic E-state index is 0.0474. The number of rotatable bonds is 4. The summed E-state index contributed by atoms with van der Waals surface area (Å²) in [4.78, 5) is 19.3. The molecule has 1 amide bonds. The molecule has 0 aromatic carbocycles. The van der Waals surface area contributed by atoms with Crippen molar-refractivity contribution in [2.45, 2.75) is 69.6 Å². The third-order valence-corrected chi connectivity index (χ3v) is 5.76. The highest BCUT2D eigenvalue weighted by atomic mass is 16.5. The summed E-state index contributed by atoms with van der Waals surface area (Å²) in [6.45, 7) is 0.861. The molecule has 1 saturated heterocycles. The van der Waals surface area contributed by atoms with E-state index in [9.17, 15) is 4.79 Å². The maximum atomic E-state index is 12.9. The Morgan fingerprint density at radius 1 is 1.13 bits per heavy atom. The van der Waals surface area contributed by atoms with E-state index in [0.29, 0.717) is 12.0 Å². The van der Waals surface area contributed by atoms with Crippen molar-refractivity contribution in [1.82, 2.24) is 9.88 Å². The molecule has 0 spiro atoms. The van der Waals surface area contributed by atoms with Gasteiger partial charge < -0.3 is 9.64 Å². The molecule has 2 atom stereocenters. The Kier molecular flexibility index (Phi) is 4.34. The molecule has 4 nitrogen and oxygen atoms in total. The van der Waals surface area contributed by atoms with Gasteiger partial charge in [0.15, 0.2) is 0 Å². The second-order valence-corrected chi connectivity index (χ2v) is 7.26. The summed E-state index contributed by atoms with van der Waals surface area (Å²) in [5.74, 6) is 0.587. The maximum Gasteiger partial charge on any atom is 0.226 e. The molecule has 3 aliphatic rings. The molecule has 0 bridgehead atoms. The molecular formula is C19H26N2O2. The number of hydrogen-bond donors (Lipinski definition) is 0. The number of likely N-dealkylation sites (tertiary alicyclic amines) is 1. The summed E-state index contributed by atoms with van der Waals surface area (Å²) in [6, 6.07) is 4.11. The number of piperidine rings is 1. The largest absolute Gasteiger partial charge is 0.372 e. The molecule has 3 fully saturated rings. The summed E-state index contributed by atoms with van der Waals surface area (Å²) in [7, 11) is 0. The number of pyridine rings is 1. The lowest BCUT2D eigenvalue weighted by Crippen LogP contribution is -2.50. The lowest BCUT2D eigenvalue weighted by atomic mass is 9.82. The van der Waals surface area contributed by atoms with Crippen LogP contribution in [0, 0.1) is 5.92 Å². The zero-order valence-corrected chi connectivity index (χ0v) is 13.7. The van der Waals surface area contributed by atoms with E-state index in [1.165, 1.54) is 25.7 Å². The first-order valence-corrected chi connectivity index (χ1v) is 9.19. The van der Waals surface area contributed by atoms with Crippen LogP contribution in [0.4, 0.5) is 0 Å². The van der Waals surface area contributed by atoms with Crippen molar-refractivity contribution < 1.29 is 9.53 Å². The van der Waals surface area contributed by atoms with Crippen molar-refractivity contribution in [3.8, 4) is 0 Å². The van der Waals surface area contributed by atoms with Gasteiger partial charge >= 0.3 is 0 Å². The van der Waals surface area contributed by atoms with Crippen LogP contribution in [-0.4, -0.2) is 34.5 Å². The molecule has 0 unspecified atom stereocenters. The normalized spacial score (nSPS) is 29.0. The van der Waals surface area contributed by atoms with Crippen LogP contribution in [0.1, 0.15) is 63.0 Å². The summed E-state index contributed by atoms with van der Waals surface area (Å²) in [5.41, 5.74) is 1.13. The first-order valence-electron chi connectivity index (χ1n) is 9.19. The fraction of sp³-hybridized carbons (Fsp3) is 0.684. The average molecular weight is 314 g/mol. The maximum absolute atomic E-state index is 12.9. The van der Waals surface area contributed by atoms with Gasteiger partial charge in [-0.1, -0.05) is 12.5 Å². The van der Waals surface area contributed by atoms with Crippen molar-refractivity contribution in [3.05, 3.63) is 30.1 Å². The molecule has 4 rings (SSSR count). The number of carbonyl (C=O) groups excluding carboxylic acids is 1. The van der Waals surface area contributed by atoms with Crippen molar-refractivity contribution in [2.75, 3.05) is 6.54 Å². The Bertz CT molecular complexity index is 540. The van der Waals surface area contributed by atoms with Crippen LogP contribution in [0.15, 0.2) is 24.5 Å². The molecule has 2 heterocycles. The van der Waals surface area contributed by atoms with Crippen molar-refractivity contribution >= 4 is 5.91 Å². The van der Waals surface area contributed by atoms with Gasteiger partial charge in [0.25, 0.3) is 0 Å². The fourth-order valence-corrected chi connectivity index (χ4v) is 3.94. The smallest absolute Gasteiger partial charge is 0.226 e. The third-order valence-electron chi connectivity index (χ3n) is 5.76. The van der Waals surface area contributed by atoms with Crippen LogP contribution >= 0.6 is 0 Å². The van der Waals surface area contributed by atoms with Gasteiger partial charge in [0.2, 0.25) is 5.91 Å². The Morgan fingerprint density at radius 3 is 2.57 bits per heavy atom. The number of amides is 1. The zero-order valence-electron chi connectivity index (χ0n) is 13.7. The second kappa shape index (κ2) is 6.60. The summed E-state index contributed by atoms with van der Waals surface area (Å²) < 4.78 is 6.38. The third kappa shape index (κ3) is 3.01. The zero-order chi connectivity index (χ0) is 15.6. The van der Waals surface area contributed by atoms with Gasteiger partial charge in [0.05, 0.1) is 18.2 Å². The highest BCUT2D eigenvalue weighted by molar-refractivity contribution is 5.80. The first-order chi connectivity index (χ1) is 11.3. The van der Waals surface area contributed by atoms with Gasteiger partial charge in [-0.3, -0.25) is 9.78 Å². The quantitative estimate of drug-likeness (QED) is 0.854. The molecule has 124 valence electrons. The fourth-order valence-electron chi connectivity index (χ4n) is 3.94. The van der Waals surface area contributed by atoms with Gasteiger partial charge in [0, 0.05) is 24.9 Å². The number of ether oxygens (including phenoxy) is 1. The number of aromatic nitrogens is 1. The Hall–Kier alpha value is -1.42. The number of carbonyl (C=O) groups is 1. The van der Waals surface area contributed by atoms with E-state index >= 15 is 0 Å². The van der Waals surface area contributed by atoms with Crippen LogP contribution < -0.4 is 0 Å². The monoisotopic (exact) mass is 314 g/mol. The SMILES string of the molecule is O=C(C1CCC1)N1CCC[C@@H](OC2CCC2)[C@H]1c1cccnc1. The van der Waals surface area contributed by atoms with Crippen molar-refractivity contribution in [3.63, 3.8) is 0 Å². The van der Waals surface area contributed by atoms with E-state index in [4.69, 9.17) is 4.74 Å². The van der Waals surface area contributed by atoms with Crippen LogP contribution in [0.2, 0.25) is 0 Å². The van der Waals surface area contributed by atoms with E-state index in [-0.39, 0.29) is 18.1 Å². The van der Waals surface area contributed by atoms with E-state index < -0.39 is 0 Å². The first kappa shape index (κ1) is 15.1. The van der Waals surface area contributed by atoms with E-state index in [1.54, 1.807) is 6.20 Å². The Balaban J connectivity index is 1.58. The van der Waals surface area contributed by atoms with Crippen LogP contribution in [-0.2, 0) is 9.53 Å². The van der Waals surface area contributed by atoms with E-state index in [2.05, 4.69) is 16.0 Å². The molecule has 0 radical (unpaired) electrons. The summed E-state index contributed by atoms with van der Waals surface area (Å²) >= 11 is 0. The van der Waals surface area contributed by atoms with Gasteiger partial charge in [-0.2, -0.15) is 0 Å². The molecule has 4 heteroatoms. The minimum absolute atomic E-state index is 0.0474. The molecule has 1 aromatic rings. The van der Waals surface area contributed by atoms with Crippen LogP contribution in [0.5, 0.6) is 0 Å². The molecule has 0 N–H and O–H groups in total. The summed E-state index contributed by atoms with van der Waals surface area (Å²) in [6.07, 6.45) is 13.3.